The van der Waals surface area contributed by atoms with Crippen molar-refractivity contribution in [3.63, 3.8) is 0 Å². The molecule has 0 heterocycles. The van der Waals surface area contributed by atoms with Crippen molar-refractivity contribution in [2.45, 2.75) is 58.9 Å². The molecule has 1 unspecified atom stereocenters. The van der Waals surface area contributed by atoms with Crippen LogP contribution in [0.5, 0.6) is 5.75 Å². The van der Waals surface area contributed by atoms with Crippen molar-refractivity contribution in [2.75, 3.05) is 6.61 Å². The summed E-state index contributed by atoms with van der Waals surface area (Å²) in [5, 5.41) is 3.08. The SMILES string of the molecule is CC(C)c1cccc(OCC(=O)NC2CCC(C)(C)C2)c1. The lowest BCUT2D eigenvalue weighted by molar-refractivity contribution is -0.123. The normalized spacial score (nSPS) is 20.5. The van der Waals surface area contributed by atoms with Gasteiger partial charge < -0.3 is 10.1 Å². The van der Waals surface area contributed by atoms with Gasteiger partial charge in [-0.3, -0.25) is 4.79 Å². The topological polar surface area (TPSA) is 38.3 Å². The van der Waals surface area contributed by atoms with E-state index >= 15 is 0 Å². The highest BCUT2D eigenvalue weighted by Gasteiger charge is 2.31. The Morgan fingerprint density at radius 3 is 2.81 bits per heavy atom. The molecule has 116 valence electrons. The number of hydrogen-bond acceptors (Lipinski definition) is 2. The van der Waals surface area contributed by atoms with Crippen LogP contribution in [-0.2, 0) is 4.79 Å². The predicted octanol–water partition coefficient (Wildman–Crippen LogP) is 3.88. The van der Waals surface area contributed by atoms with Crippen LogP contribution in [-0.4, -0.2) is 18.6 Å². The van der Waals surface area contributed by atoms with Gasteiger partial charge in [0.25, 0.3) is 5.91 Å². The van der Waals surface area contributed by atoms with Gasteiger partial charge in [-0.1, -0.05) is 39.8 Å². The summed E-state index contributed by atoms with van der Waals surface area (Å²) in [6.45, 7) is 8.90. The van der Waals surface area contributed by atoms with Crippen LogP contribution in [0.2, 0.25) is 0 Å². The monoisotopic (exact) mass is 289 g/mol. The van der Waals surface area contributed by atoms with Crippen molar-refractivity contribution in [3.8, 4) is 5.75 Å². The second kappa shape index (κ2) is 6.50. The fraction of sp³-hybridized carbons (Fsp3) is 0.611. The largest absolute Gasteiger partial charge is 0.484 e. The van der Waals surface area contributed by atoms with E-state index in [-0.39, 0.29) is 12.5 Å². The zero-order valence-electron chi connectivity index (χ0n) is 13.6. The minimum absolute atomic E-state index is 0.0207. The van der Waals surface area contributed by atoms with E-state index < -0.39 is 0 Å². The molecule has 1 aromatic carbocycles. The van der Waals surface area contributed by atoms with E-state index in [1.54, 1.807) is 0 Å². The van der Waals surface area contributed by atoms with E-state index in [0.717, 1.165) is 18.6 Å². The number of hydrogen-bond donors (Lipinski definition) is 1. The maximum Gasteiger partial charge on any atom is 0.258 e. The van der Waals surface area contributed by atoms with Crippen LogP contribution in [0, 0.1) is 5.41 Å². The lowest BCUT2D eigenvalue weighted by atomic mass is 9.92. The van der Waals surface area contributed by atoms with E-state index in [4.69, 9.17) is 4.74 Å². The molecule has 0 saturated heterocycles. The lowest BCUT2D eigenvalue weighted by Gasteiger charge is -2.18. The summed E-state index contributed by atoms with van der Waals surface area (Å²) in [5.74, 6) is 1.21. The minimum Gasteiger partial charge on any atom is -0.484 e. The number of carbonyl (C=O) groups excluding carboxylic acids is 1. The molecule has 3 heteroatoms. The third kappa shape index (κ3) is 4.76. The van der Waals surface area contributed by atoms with Gasteiger partial charge in [-0.25, -0.2) is 0 Å². The molecule has 0 spiro atoms. The van der Waals surface area contributed by atoms with Crippen molar-refractivity contribution in [3.05, 3.63) is 29.8 Å². The molecule has 0 bridgehead atoms. The first kappa shape index (κ1) is 15.9. The first-order valence-electron chi connectivity index (χ1n) is 7.88. The Balaban J connectivity index is 1.80. The van der Waals surface area contributed by atoms with E-state index in [9.17, 15) is 4.79 Å². The second-order valence-corrected chi connectivity index (χ2v) is 7.19. The molecular weight excluding hydrogens is 262 g/mol. The van der Waals surface area contributed by atoms with Gasteiger partial charge in [-0.05, 0) is 48.3 Å². The highest BCUT2D eigenvalue weighted by molar-refractivity contribution is 5.77. The van der Waals surface area contributed by atoms with Crippen LogP contribution in [0.25, 0.3) is 0 Å². The Morgan fingerprint density at radius 2 is 2.19 bits per heavy atom. The summed E-state index contributed by atoms with van der Waals surface area (Å²) in [6, 6.07) is 8.27. The van der Waals surface area contributed by atoms with E-state index in [1.807, 2.05) is 18.2 Å². The Hall–Kier alpha value is -1.51. The van der Waals surface area contributed by atoms with Crippen molar-refractivity contribution in [1.29, 1.82) is 0 Å². The fourth-order valence-corrected chi connectivity index (χ4v) is 2.94. The Kier molecular flexibility index (Phi) is 4.92. The van der Waals surface area contributed by atoms with Crippen molar-refractivity contribution < 1.29 is 9.53 Å². The zero-order valence-corrected chi connectivity index (χ0v) is 13.6. The molecule has 1 saturated carbocycles. The summed E-state index contributed by atoms with van der Waals surface area (Å²) in [6.07, 6.45) is 3.30. The van der Waals surface area contributed by atoms with Gasteiger partial charge in [-0.2, -0.15) is 0 Å². The molecular formula is C18H27NO2. The molecule has 0 radical (unpaired) electrons. The van der Waals surface area contributed by atoms with Crippen LogP contribution in [0.1, 0.15) is 58.4 Å². The number of ether oxygens (including phenoxy) is 1. The van der Waals surface area contributed by atoms with Crippen LogP contribution in [0.4, 0.5) is 0 Å². The number of nitrogens with one attached hydrogen (secondary N) is 1. The Bertz CT molecular complexity index is 494. The van der Waals surface area contributed by atoms with Gasteiger partial charge in [0.05, 0.1) is 0 Å². The molecule has 3 nitrogen and oxygen atoms in total. The quantitative estimate of drug-likeness (QED) is 0.893. The van der Waals surface area contributed by atoms with Gasteiger partial charge in [0.2, 0.25) is 0 Å². The third-order valence-electron chi connectivity index (χ3n) is 4.23. The summed E-state index contributed by atoms with van der Waals surface area (Å²) in [7, 11) is 0. The predicted molar refractivity (Wildman–Crippen MR) is 85.6 cm³/mol. The summed E-state index contributed by atoms with van der Waals surface area (Å²) < 4.78 is 5.61. The zero-order chi connectivity index (χ0) is 15.5. The van der Waals surface area contributed by atoms with Crippen molar-refractivity contribution in [2.24, 2.45) is 5.41 Å². The minimum atomic E-state index is -0.0207. The van der Waals surface area contributed by atoms with E-state index in [1.165, 1.54) is 12.0 Å². The van der Waals surface area contributed by atoms with Gasteiger partial charge >= 0.3 is 0 Å². The molecule has 1 aliphatic rings. The van der Waals surface area contributed by atoms with Crippen molar-refractivity contribution in [1.82, 2.24) is 5.32 Å². The van der Waals surface area contributed by atoms with Gasteiger partial charge in [0, 0.05) is 6.04 Å². The van der Waals surface area contributed by atoms with Gasteiger partial charge in [0.15, 0.2) is 6.61 Å². The number of carbonyl (C=O) groups is 1. The Morgan fingerprint density at radius 1 is 1.43 bits per heavy atom. The average molecular weight is 289 g/mol. The summed E-state index contributed by atoms with van der Waals surface area (Å²) in [5.41, 5.74) is 1.58. The third-order valence-corrected chi connectivity index (χ3v) is 4.23. The molecule has 1 aromatic rings. The summed E-state index contributed by atoms with van der Waals surface area (Å²) >= 11 is 0. The average Bonchev–Trinajstić information content (AvgIpc) is 2.76. The van der Waals surface area contributed by atoms with Crippen LogP contribution >= 0.6 is 0 Å². The molecule has 2 rings (SSSR count). The maximum absolute atomic E-state index is 12.0. The molecule has 0 aromatic heterocycles. The van der Waals surface area contributed by atoms with Crippen LogP contribution in [0.3, 0.4) is 0 Å². The molecule has 1 N–H and O–H groups in total. The first-order valence-corrected chi connectivity index (χ1v) is 7.88. The molecule has 1 fully saturated rings. The van der Waals surface area contributed by atoms with E-state index in [0.29, 0.717) is 17.4 Å². The second-order valence-electron chi connectivity index (χ2n) is 7.19. The van der Waals surface area contributed by atoms with Crippen LogP contribution in [0.15, 0.2) is 24.3 Å². The number of amides is 1. The smallest absolute Gasteiger partial charge is 0.258 e. The van der Waals surface area contributed by atoms with Crippen LogP contribution < -0.4 is 10.1 Å². The standard InChI is InChI=1S/C18H27NO2/c1-13(2)14-6-5-7-16(10-14)21-12-17(20)19-15-8-9-18(3,4)11-15/h5-7,10,13,15H,8-9,11-12H2,1-4H3,(H,19,20). The number of rotatable bonds is 5. The maximum atomic E-state index is 12.0. The number of benzene rings is 1. The summed E-state index contributed by atoms with van der Waals surface area (Å²) in [4.78, 5) is 12.0. The molecule has 21 heavy (non-hydrogen) atoms. The van der Waals surface area contributed by atoms with Gasteiger partial charge in [-0.15, -0.1) is 0 Å². The highest BCUT2D eigenvalue weighted by atomic mass is 16.5. The fourth-order valence-electron chi connectivity index (χ4n) is 2.94. The molecule has 1 amide bonds. The van der Waals surface area contributed by atoms with E-state index in [2.05, 4.69) is 39.1 Å². The molecule has 0 aliphatic heterocycles. The lowest BCUT2D eigenvalue weighted by Crippen LogP contribution is -2.36. The van der Waals surface area contributed by atoms with Crippen molar-refractivity contribution >= 4 is 5.91 Å². The Labute approximate surface area is 128 Å². The molecule has 1 aliphatic carbocycles. The molecule has 1 atom stereocenters. The van der Waals surface area contributed by atoms with Gasteiger partial charge in [0.1, 0.15) is 5.75 Å². The first-order chi connectivity index (χ1) is 9.85. The highest BCUT2D eigenvalue weighted by Crippen LogP contribution is 2.36.